The summed E-state index contributed by atoms with van der Waals surface area (Å²) in [5.41, 5.74) is 1.71. The Kier molecular flexibility index (Phi) is 6.72. The predicted molar refractivity (Wildman–Crippen MR) is 114 cm³/mol. The third kappa shape index (κ3) is 5.58. The van der Waals surface area contributed by atoms with Gasteiger partial charge in [0, 0.05) is 5.02 Å². The number of hydrogen-bond donors (Lipinski definition) is 1. The average molecular weight is 480 g/mol. The van der Waals surface area contributed by atoms with Crippen molar-refractivity contribution in [2.24, 2.45) is 5.10 Å². The van der Waals surface area contributed by atoms with E-state index in [1.54, 1.807) is 36.4 Å². The van der Waals surface area contributed by atoms with Gasteiger partial charge in [0.2, 0.25) is 0 Å². The number of rotatable bonds is 7. The maximum absolute atomic E-state index is 12.1. The largest absolute Gasteiger partial charge is 0.488 e. The highest BCUT2D eigenvalue weighted by atomic mass is 79.9. The van der Waals surface area contributed by atoms with Crippen molar-refractivity contribution in [3.05, 3.63) is 93.4 Å². The molecule has 0 aromatic heterocycles. The fourth-order valence-electron chi connectivity index (χ4n) is 2.28. The molecular formula is C20H16BrClN2O3S. The van der Waals surface area contributed by atoms with Crippen LogP contribution >= 0.6 is 27.5 Å². The summed E-state index contributed by atoms with van der Waals surface area (Å²) in [5, 5.41) is 4.50. The van der Waals surface area contributed by atoms with Crippen LogP contribution in [0, 0.1) is 0 Å². The van der Waals surface area contributed by atoms with Gasteiger partial charge in [-0.3, -0.25) is 0 Å². The zero-order valence-electron chi connectivity index (χ0n) is 14.5. The summed E-state index contributed by atoms with van der Waals surface area (Å²) in [4.78, 5) is 2.35. The fourth-order valence-corrected chi connectivity index (χ4v) is 3.73. The van der Waals surface area contributed by atoms with Crippen LogP contribution in [0.5, 0.6) is 5.75 Å². The van der Waals surface area contributed by atoms with Gasteiger partial charge < -0.3 is 4.74 Å². The quantitative estimate of drug-likeness (QED) is 0.383. The van der Waals surface area contributed by atoms with E-state index in [2.05, 4.69) is 25.9 Å². The van der Waals surface area contributed by atoms with E-state index in [4.69, 9.17) is 16.3 Å². The van der Waals surface area contributed by atoms with E-state index < -0.39 is 10.0 Å². The maximum atomic E-state index is 12.1. The minimum absolute atomic E-state index is 0.152. The molecule has 0 saturated heterocycles. The number of hydrazone groups is 1. The van der Waals surface area contributed by atoms with Gasteiger partial charge in [0.15, 0.2) is 0 Å². The van der Waals surface area contributed by atoms with Gasteiger partial charge in [-0.15, -0.1) is 0 Å². The van der Waals surface area contributed by atoms with Gasteiger partial charge in [-0.25, -0.2) is 4.83 Å². The van der Waals surface area contributed by atoms with Crippen LogP contribution in [-0.4, -0.2) is 14.6 Å². The number of sulfonamides is 1. The Morgan fingerprint density at radius 3 is 2.43 bits per heavy atom. The Balaban J connectivity index is 1.62. The molecule has 8 heteroatoms. The van der Waals surface area contributed by atoms with Crippen molar-refractivity contribution in [2.45, 2.75) is 11.5 Å². The fraction of sp³-hybridized carbons (Fsp3) is 0.0500. The van der Waals surface area contributed by atoms with E-state index >= 15 is 0 Å². The molecule has 3 rings (SSSR count). The minimum atomic E-state index is -3.68. The van der Waals surface area contributed by atoms with Crippen molar-refractivity contribution in [2.75, 3.05) is 0 Å². The zero-order valence-corrected chi connectivity index (χ0v) is 17.7. The van der Waals surface area contributed by atoms with Crippen molar-refractivity contribution in [3.8, 4) is 5.75 Å². The van der Waals surface area contributed by atoms with E-state index in [0.717, 1.165) is 10.0 Å². The van der Waals surface area contributed by atoms with Crippen molar-refractivity contribution in [1.29, 1.82) is 0 Å². The van der Waals surface area contributed by atoms with Crippen LogP contribution in [0.2, 0.25) is 5.02 Å². The predicted octanol–water partition coefficient (Wildman–Crippen LogP) is 4.99. The molecule has 0 aliphatic rings. The molecule has 0 spiro atoms. The topological polar surface area (TPSA) is 67.8 Å². The van der Waals surface area contributed by atoms with Crippen LogP contribution in [0.25, 0.3) is 0 Å². The molecule has 5 nitrogen and oxygen atoms in total. The number of halogens is 2. The highest BCUT2D eigenvalue weighted by Gasteiger charge is 2.11. The lowest BCUT2D eigenvalue weighted by molar-refractivity contribution is 0.304. The number of nitrogens with zero attached hydrogens (tertiary/aromatic N) is 1. The van der Waals surface area contributed by atoms with E-state index in [-0.39, 0.29) is 4.90 Å². The molecule has 0 atom stereocenters. The summed E-state index contributed by atoms with van der Waals surface area (Å²) in [6.07, 6.45) is 1.42. The Hall–Kier alpha value is -2.35. The summed E-state index contributed by atoms with van der Waals surface area (Å²) in [7, 11) is -3.68. The van der Waals surface area contributed by atoms with Crippen molar-refractivity contribution >= 4 is 43.8 Å². The van der Waals surface area contributed by atoms with Crippen molar-refractivity contribution in [3.63, 3.8) is 0 Å². The summed E-state index contributed by atoms with van der Waals surface area (Å²) < 4.78 is 30.8. The number of hydrogen-bond acceptors (Lipinski definition) is 4. The molecule has 144 valence electrons. The van der Waals surface area contributed by atoms with Crippen molar-refractivity contribution < 1.29 is 13.2 Å². The Labute approximate surface area is 177 Å². The summed E-state index contributed by atoms with van der Waals surface area (Å²) in [6.45, 7) is 0.403. The number of nitrogens with one attached hydrogen (secondary N) is 1. The van der Waals surface area contributed by atoms with Crippen LogP contribution < -0.4 is 9.57 Å². The molecular weight excluding hydrogens is 464 g/mol. The molecule has 0 aliphatic heterocycles. The molecule has 28 heavy (non-hydrogen) atoms. The van der Waals surface area contributed by atoms with Crippen molar-refractivity contribution in [1.82, 2.24) is 4.83 Å². The SMILES string of the molecule is O=S(=O)(N/N=C\c1ccc(OCc2ccc(Cl)cc2)c(Br)c1)c1ccccc1. The van der Waals surface area contributed by atoms with E-state index in [1.165, 1.54) is 18.3 Å². The highest BCUT2D eigenvalue weighted by molar-refractivity contribution is 9.10. The van der Waals surface area contributed by atoms with E-state index in [0.29, 0.717) is 22.9 Å². The van der Waals surface area contributed by atoms with Gasteiger partial charge in [0.1, 0.15) is 12.4 Å². The molecule has 0 unspecified atom stereocenters. The smallest absolute Gasteiger partial charge is 0.276 e. The summed E-state index contributed by atoms with van der Waals surface area (Å²) in [6, 6.07) is 20.8. The molecule has 0 aliphatic carbocycles. The molecule has 3 aromatic rings. The first-order valence-corrected chi connectivity index (χ1v) is 10.9. The molecule has 1 N–H and O–H groups in total. The lowest BCUT2D eigenvalue weighted by atomic mass is 10.2. The monoisotopic (exact) mass is 478 g/mol. The Bertz CT molecular complexity index is 1070. The average Bonchev–Trinajstić information content (AvgIpc) is 2.69. The van der Waals surface area contributed by atoms with Gasteiger partial charge in [0.25, 0.3) is 10.0 Å². The molecule has 0 amide bonds. The summed E-state index contributed by atoms with van der Waals surface area (Å²) >= 11 is 9.33. The standard InChI is InChI=1S/C20H16BrClN2O3S/c21-19-12-16(13-23-24-28(25,26)18-4-2-1-3-5-18)8-11-20(19)27-14-15-6-9-17(22)10-7-15/h1-13,24H,14H2/b23-13-. The molecule has 0 heterocycles. The molecule has 3 aromatic carbocycles. The highest BCUT2D eigenvalue weighted by Crippen LogP contribution is 2.26. The zero-order chi connectivity index (χ0) is 20.0. The van der Waals surface area contributed by atoms with Crippen LogP contribution in [0.4, 0.5) is 0 Å². The molecule has 0 bridgehead atoms. The lowest BCUT2D eigenvalue weighted by Gasteiger charge is -2.09. The van der Waals surface area contributed by atoms with E-state index in [9.17, 15) is 8.42 Å². The molecule has 0 fully saturated rings. The lowest BCUT2D eigenvalue weighted by Crippen LogP contribution is -2.18. The molecule has 0 radical (unpaired) electrons. The van der Waals surface area contributed by atoms with Gasteiger partial charge in [-0.2, -0.15) is 13.5 Å². The second-order valence-corrected chi connectivity index (χ2v) is 8.72. The first kappa shape index (κ1) is 20.4. The van der Waals surface area contributed by atoms with Crippen LogP contribution in [0.3, 0.4) is 0 Å². The van der Waals surface area contributed by atoms with Crippen LogP contribution in [0.1, 0.15) is 11.1 Å². The van der Waals surface area contributed by atoms with Crippen LogP contribution in [0.15, 0.2) is 87.3 Å². The first-order valence-electron chi connectivity index (χ1n) is 8.21. The van der Waals surface area contributed by atoms with Crippen LogP contribution in [-0.2, 0) is 16.6 Å². The molecule has 0 saturated carbocycles. The maximum Gasteiger partial charge on any atom is 0.276 e. The van der Waals surface area contributed by atoms with Gasteiger partial charge in [0.05, 0.1) is 15.6 Å². The second-order valence-electron chi connectivity index (χ2n) is 5.77. The number of ether oxygens (including phenoxy) is 1. The van der Waals surface area contributed by atoms with E-state index in [1.807, 2.05) is 24.3 Å². The Morgan fingerprint density at radius 2 is 1.75 bits per heavy atom. The third-order valence-corrected chi connectivity index (χ3v) is 5.81. The normalized spacial score (nSPS) is 11.5. The second kappa shape index (κ2) is 9.23. The third-order valence-electron chi connectivity index (χ3n) is 3.70. The Morgan fingerprint density at radius 1 is 1.04 bits per heavy atom. The first-order chi connectivity index (χ1) is 13.4. The van der Waals surface area contributed by atoms with Gasteiger partial charge >= 0.3 is 0 Å². The summed E-state index contributed by atoms with van der Waals surface area (Å²) in [5.74, 6) is 0.664. The minimum Gasteiger partial charge on any atom is -0.488 e. The number of benzene rings is 3. The van der Waals surface area contributed by atoms with Gasteiger partial charge in [-0.05, 0) is 69.5 Å². The van der Waals surface area contributed by atoms with Gasteiger partial charge in [-0.1, -0.05) is 41.9 Å².